The average molecular weight is 324 g/mol. The van der Waals surface area contributed by atoms with E-state index in [1.807, 2.05) is 25.1 Å². The number of carbonyl (C=O) groups is 1. The molecule has 0 aliphatic rings. The normalized spacial score (nSPS) is 10.5. The molecule has 0 radical (unpaired) electrons. The summed E-state index contributed by atoms with van der Waals surface area (Å²) in [6, 6.07) is 6.03. The van der Waals surface area contributed by atoms with Crippen LogP contribution in [0, 0.1) is 13.8 Å². The maximum atomic E-state index is 11.7. The van der Waals surface area contributed by atoms with E-state index in [0.717, 1.165) is 10.9 Å². The van der Waals surface area contributed by atoms with Gasteiger partial charge in [-0.2, -0.15) is 4.98 Å². The van der Waals surface area contributed by atoms with E-state index in [1.54, 1.807) is 6.92 Å². The number of aromatic nitrogens is 2. The van der Waals surface area contributed by atoms with Crippen molar-refractivity contribution in [3.63, 3.8) is 0 Å². The highest BCUT2D eigenvalue weighted by Gasteiger charge is 2.12. The molecule has 1 amide bonds. The summed E-state index contributed by atoms with van der Waals surface area (Å²) in [5, 5.41) is 6.34. The second kappa shape index (κ2) is 5.97. The number of nitrogens with zero attached hydrogens (tertiary/aromatic N) is 2. The highest BCUT2D eigenvalue weighted by Crippen LogP contribution is 2.19. The summed E-state index contributed by atoms with van der Waals surface area (Å²) in [5.41, 5.74) is 2.38. The van der Waals surface area contributed by atoms with Crippen molar-refractivity contribution >= 4 is 21.8 Å². The predicted octanol–water partition coefficient (Wildman–Crippen LogP) is 2.42. The van der Waals surface area contributed by atoms with Crippen molar-refractivity contribution in [2.45, 2.75) is 20.3 Å². The second-order valence-electron chi connectivity index (χ2n) is 4.17. The molecule has 0 unspecified atom stereocenters. The topological polar surface area (TPSA) is 68.0 Å². The van der Waals surface area contributed by atoms with Crippen LogP contribution in [0.25, 0.3) is 0 Å². The number of hydrogen-bond acceptors (Lipinski definition) is 4. The van der Waals surface area contributed by atoms with Gasteiger partial charge in [0.1, 0.15) is 0 Å². The first kappa shape index (κ1) is 13.7. The maximum absolute atomic E-state index is 11.7. The van der Waals surface area contributed by atoms with Crippen LogP contribution in [0.4, 0.5) is 0 Å². The molecule has 0 atom stereocenters. The van der Waals surface area contributed by atoms with E-state index in [1.165, 1.54) is 11.1 Å². The molecule has 1 aromatic heterocycles. The molecule has 100 valence electrons. The van der Waals surface area contributed by atoms with Crippen LogP contribution in [0.1, 0.15) is 27.6 Å². The molecule has 1 N–H and O–H groups in total. The number of aryl methyl sites for hydroxylation is 1. The molecule has 2 aromatic rings. The fourth-order valence-corrected chi connectivity index (χ4v) is 2.11. The largest absolute Gasteiger partial charge is 0.349 e. The summed E-state index contributed by atoms with van der Waals surface area (Å²) in [6.07, 6.45) is 0.758. The van der Waals surface area contributed by atoms with Gasteiger partial charge >= 0.3 is 0 Å². The Hall–Kier alpha value is -1.69. The van der Waals surface area contributed by atoms with Gasteiger partial charge in [-0.1, -0.05) is 33.2 Å². The fraction of sp³-hybridized carbons (Fsp3) is 0.308. The molecule has 0 saturated carbocycles. The van der Waals surface area contributed by atoms with Crippen molar-refractivity contribution in [1.29, 1.82) is 0 Å². The van der Waals surface area contributed by atoms with Gasteiger partial charge < -0.3 is 9.84 Å². The summed E-state index contributed by atoms with van der Waals surface area (Å²) in [7, 11) is 0. The minimum atomic E-state index is -0.315. The van der Waals surface area contributed by atoms with Crippen LogP contribution in [0.3, 0.4) is 0 Å². The third kappa shape index (κ3) is 3.41. The first-order valence-corrected chi connectivity index (χ1v) is 6.69. The van der Waals surface area contributed by atoms with Crippen LogP contribution < -0.4 is 5.32 Å². The predicted molar refractivity (Wildman–Crippen MR) is 74.0 cm³/mol. The Morgan fingerprint density at radius 2 is 2.21 bits per heavy atom. The number of nitrogens with one attached hydrogen (secondary N) is 1. The molecule has 0 spiro atoms. The Morgan fingerprint density at radius 1 is 1.42 bits per heavy atom. The summed E-state index contributed by atoms with van der Waals surface area (Å²) < 4.78 is 5.83. The van der Waals surface area contributed by atoms with Crippen molar-refractivity contribution in [2.24, 2.45) is 0 Å². The lowest BCUT2D eigenvalue weighted by Crippen LogP contribution is -2.26. The quantitative estimate of drug-likeness (QED) is 0.938. The Morgan fingerprint density at radius 3 is 2.89 bits per heavy atom. The fourth-order valence-electron chi connectivity index (χ4n) is 1.70. The number of carbonyl (C=O) groups excluding carboxylic acids is 1. The summed E-state index contributed by atoms with van der Waals surface area (Å²) in [4.78, 5) is 15.6. The number of benzene rings is 1. The lowest BCUT2D eigenvalue weighted by atomic mass is 10.1. The number of hydrogen-bond donors (Lipinski definition) is 1. The van der Waals surface area contributed by atoms with Gasteiger partial charge in [0, 0.05) is 17.9 Å². The molecule has 0 saturated heterocycles. The summed E-state index contributed by atoms with van der Waals surface area (Å²) in [5.74, 6) is 0.140. The van der Waals surface area contributed by atoms with Gasteiger partial charge in [0.15, 0.2) is 0 Å². The van der Waals surface area contributed by atoms with Crippen molar-refractivity contribution in [3.8, 4) is 0 Å². The first-order valence-electron chi connectivity index (χ1n) is 5.90. The molecule has 6 heteroatoms. The van der Waals surface area contributed by atoms with E-state index in [-0.39, 0.29) is 11.7 Å². The van der Waals surface area contributed by atoms with Crippen LogP contribution in [0.2, 0.25) is 0 Å². The lowest BCUT2D eigenvalue weighted by molar-refractivity contribution is 0.0941. The third-order valence-electron chi connectivity index (χ3n) is 2.79. The maximum Gasteiger partial charge on any atom is 0.292 e. The van der Waals surface area contributed by atoms with Crippen molar-refractivity contribution in [1.82, 2.24) is 15.5 Å². The molecule has 5 nitrogen and oxygen atoms in total. The van der Waals surface area contributed by atoms with E-state index < -0.39 is 0 Å². The van der Waals surface area contributed by atoms with Crippen LogP contribution in [0.5, 0.6) is 0 Å². The van der Waals surface area contributed by atoms with Crippen molar-refractivity contribution in [3.05, 3.63) is 45.5 Å². The third-order valence-corrected chi connectivity index (χ3v) is 3.65. The molecule has 1 heterocycles. The van der Waals surface area contributed by atoms with E-state index in [2.05, 4.69) is 31.4 Å². The van der Waals surface area contributed by atoms with Gasteiger partial charge in [-0.25, -0.2) is 0 Å². The Bertz CT molecular complexity index is 595. The molecule has 1 aromatic carbocycles. The van der Waals surface area contributed by atoms with Crippen LogP contribution in [-0.2, 0) is 6.42 Å². The minimum Gasteiger partial charge on any atom is -0.349 e. The van der Waals surface area contributed by atoms with Crippen molar-refractivity contribution in [2.75, 3.05) is 6.54 Å². The highest BCUT2D eigenvalue weighted by molar-refractivity contribution is 9.10. The van der Waals surface area contributed by atoms with Crippen LogP contribution in [0.15, 0.2) is 27.2 Å². The zero-order valence-electron chi connectivity index (χ0n) is 10.7. The minimum absolute atomic E-state index is 0.0727. The van der Waals surface area contributed by atoms with Gasteiger partial charge in [-0.15, -0.1) is 0 Å². The van der Waals surface area contributed by atoms with Gasteiger partial charge in [-0.3, -0.25) is 4.79 Å². The van der Waals surface area contributed by atoms with E-state index in [4.69, 9.17) is 4.52 Å². The standard InChI is InChI=1S/C13H14BrN3O2/c1-8-10(4-3-5-11(8)14)6-7-15-13(18)12-16-9(2)19-17-12/h3-5H,6-7H2,1-2H3,(H,15,18). The van der Waals surface area contributed by atoms with Gasteiger partial charge in [-0.05, 0) is 30.5 Å². The molecule has 0 bridgehead atoms. The Balaban J connectivity index is 1.90. The van der Waals surface area contributed by atoms with Gasteiger partial charge in [0.25, 0.3) is 11.7 Å². The number of amides is 1. The monoisotopic (exact) mass is 323 g/mol. The number of rotatable bonds is 4. The zero-order chi connectivity index (χ0) is 13.8. The first-order chi connectivity index (χ1) is 9.08. The average Bonchev–Trinajstić information content (AvgIpc) is 2.81. The SMILES string of the molecule is Cc1nc(C(=O)NCCc2cccc(Br)c2C)no1. The van der Waals surface area contributed by atoms with E-state index >= 15 is 0 Å². The molecular weight excluding hydrogens is 310 g/mol. The van der Waals surface area contributed by atoms with E-state index in [0.29, 0.717) is 12.4 Å². The second-order valence-corrected chi connectivity index (χ2v) is 5.02. The molecule has 19 heavy (non-hydrogen) atoms. The zero-order valence-corrected chi connectivity index (χ0v) is 12.3. The smallest absolute Gasteiger partial charge is 0.292 e. The summed E-state index contributed by atoms with van der Waals surface area (Å²) in [6.45, 7) is 4.22. The molecule has 0 aliphatic heterocycles. The summed E-state index contributed by atoms with van der Waals surface area (Å²) >= 11 is 3.49. The van der Waals surface area contributed by atoms with Crippen LogP contribution >= 0.6 is 15.9 Å². The molecule has 0 aliphatic carbocycles. The molecule has 0 fully saturated rings. The Labute approximate surface area is 119 Å². The highest BCUT2D eigenvalue weighted by atomic mass is 79.9. The lowest BCUT2D eigenvalue weighted by Gasteiger charge is -2.07. The molecule has 2 rings (SSSR count). The van der Waals surface area contributed by atoms with Crippen LogP contribution in [-0.4, -0.2) is 22.6 Å². The number of halogens is 1. The molecular formula is C13H14BrN3O2. The van der Waals surface area contributed by atoms with Crippen molar-refractivity contribution < 1.29 is 9.32 Å². The van der Waals surface area contributed by atoms with E-state index in [9.17, 15) is 4.79 Å². The van der Waals surface area contributed by atoms with Gasteiger partial charge in [0.05, 0.1) is 0 Å². The Kier molecular flexibility index (Phi) is 4.31. The van der Waals surface area contributed by atoms with Gasteiger partial charge in [0.2, 0.25) is 5.89 Å².